The molecule has 5 heavy (non-hydrogen) atoms. The molecule has 0 N–H and O–H groups in total. The first-order valence-corrected chi connectivity index (χ1v) is 0.894. The Hall–Kier alpha value is 2.48. The molecule has 0 aromatic heterocycles. The molecule has 0 amide bonds. The van der Waals surface area contributed by atoms with E-state index in [0.717, 1.165) is 0 Å². The zero-order valence-corrected chi connectivity index (χ0v) is 2.29. The molecule has 0 spiro atoms. The van der Waals surface area contributed by atoms with Crippen molar-refractivity contribution in [3.63, 3.8) is 0 Å². The Morgan fingerprint density at radius 3 is 1.60 bits per heavy atom. The minimum absolute atomic E-state index is 0. The van der Waals surface area contributed by atoms with Crippen LogP contribution >= 0.6 is 12.6 Å². The van der Waals surface area contributed by atoms with Crippen molar-refractivity contribution in [1.82, 2.24) is 0 Å². The van der Waals surface area contributed by atoms with Crippen molar-refractivity contribution in [1.29, 1.82) is 5.26 Å². The topological polar surface area (TPSA) is 23.8 Å². The summed E-state index contributed by atoms with van der Waals surface area (Å²) in [6, 6.07) is 0. The van der Waals surface area contributed by atoms with E-state index in [0.29, 0.717) is 0 Å². The van der Waals surface area contributed by atoms with Crippen LogP contribution in [-0.2, 0) is 0 Å². The second-order valence-corrected chi connectivity index (χ2v) is 0.300. The summed E-state index contributed by atoms with van der Waals surface area (Å²) in [5.74, 6) is 0. The van der Waals surface area contributed by atoms with Crippen LogP contribution in [0.4, 0.5) is 0 Å². The standard InChI is InChI=1S/CHNS.K.Na.2H/c2-1-3;;;;/h3H;;;;. The van der Waals surface area contributed by atoms with E-state index in [4.69, 9.17) is 5.26 Å². The van der Waals surface area contributed by atoms with Crippen LogP contribution in [0.1, 0.15) is 0 Å². The molecule has 0 fully saturated rings. The van der Waals surface area contributed by atoms with Gasteiger partial charge in [0, 0.05) is 0 Å². The average Bonchev–Trinajstić information content (AvgIpc) is 0.918. The molecule has 0 aromatic carbocycles. The van der Waals surface area contributed by atoms with Gasteiger partial charge in [0.25, 0.3) is 0 Å². The van der Waals surface area contributed by atoms with E-state index in [1.165, 1.54) is 5.40 Å². The maximum absolute atomic E-state index is 7.18. The summed E-state index contributed by atoms with van der Waals surface area (Å²) >= 11 is 3.09. The molecule has 0 aliphatic heterocycles. The van der Waals surface area contributed by atoms with Crippen LogP contribution in [0.25, 0.3) is 0 Å². The second kappa shape index (κ2) is 16.1. The molecule has 0 heterocycles. The van der Waals surface area contributed by atoms with E-state index >= 15 is 0 Å². The molecule has 0 unspecified atom stereocenters. The van der Waals surface area contributed by atoms with E-state index in [9.17, 15) is 0 Å². The summed E-state index contributed by atoms with van der Waals surface area (Å²) in [7, 11) is 0. The molecule has 0 radical (unpaired) electrons. The summed E-state index contributed by atoms with van der Waals surface area (Å²) in [5, 5.41) is 8.63. The van der Waals surface area contributed by atoms with Gasteiger partial charge < -0.3 is 0 Å². The van der Waals surface area contributed by atoms with Gasteiger partial charge in [-0.15, -0.1) is 0 Å². The van der Waals surface area contributed by atoms with Gasteiger partial charge in [-0.3, -0.25) is 0 Å². The Bertz CT molecular complexity index is 33.1. The van der Waals surface area contributed by atoms with Crippen LogP contribution in [0.15, 0.2) is 0 Å². The van der Waals surface area contributed by atoms with Crippen LogP contribution in [-0.4, -0.2) is 80.9 Å². The van der Waals surface area contributed by atoms with Gasteiger partial charge in [-0.25, -0.2) is 0 Å². The molecular formula is CH3KNNaS. The van der Waals surface area contributed by atoms with Gasteiger partial charge in [0.15, 0.2) is 0 Å². The number of thiocyanates is 1. The molecule has 4 heteroatoms. The van der Waals surface area contributed by atoms with Crippen LogP contribution in [0.3, 0.4) is 0 Å². The molecule has 0 aliphatic rings. The molecule has 20 valence electrons. The Morgan fingerprint density at radius 1 is 1.60 bits per heavy atom. The third-order valence-electron chi connectivity index (χ3n) is 0. The molecule has 0 aromatic rings. The van der Waals surface area contributed by atoms with Crippen LogP contribution in [0.2, 0.25) is 0 Å². The molecule has 0 atom stereocenters. The number of thiol groups is 1. The Kier molecular flexibility index (Phi) is 50.3. The SMILES string of the molecule is N#CS.[KH].[NaH]. The molecule has 0 rings (SSSR count). The van der Waals surface area contributed by atoms with Crippen molar-refractivity contribution in [2.75, 3.05) is 0 Å². The van der Waals surface area contributed by atoms with Gasteiger partial charge in [-0.2, -0.15) is 5.26 Å². The zero-order valence-electron chi connectivity index (χ0n) is 1.39. The van der Waals surface area contributed by atoms with Gasteiger partial charge in [0.1, 0.15) is 5.40 Å². The van der Waals surface area contributed by atoms with Crippen molar-refractivity contribution in [3.8, 4) is 5.40 Å². The first-order chi connectivity index (χ1) is 1.41. The number of rotatable bonds is 0. The van der Waals surface area contributed by atoms with Gasteiger partial charge in [-0.1, -0.05) is 12.6 Å². The summed E-state index contributed by atoms with van der Waals surface area (Å²) in [6.07, 6.45) is 0. The quantitative estimate of drug-likeness (QED) is 0.252. The van der Waals surface area contributed by atoms with Crippen molar-refractivity contribution < 1.29 is 0 Å². The van der Waals surface area contributed by atoms with Gasteiger partial charge in [0.05, 0.1) is 0 Å². The number of nitrogens with zero attached hydrogens (tertiary/aromatic N) is 1. The van der Waals surface area contributed by atoms with Crippen molar-refractivity contribution in [2.45, 2.75) is 0 Å². The Labute approximate surface area is 102 Å². The molecule has 0 bridgehead atoms. The molecule has 1 nitrogen and oxygen atoms in total. The third-order valence-corrected chi connectivity index (χ3v) is 0. The monoisotopic (exact) mass is 123 g/mol. The maximum atomic E-state index is 7.18. The van der Waals surface area contributed by atoms with E-state index in [-0.39, 0.29) is 80.9 Å². The van der Waals surface area contributed by atoms with E-state index in [2.05, 4.69) is 12.6 Å². The van der Waals surface area contributed by atoms with Gasteiger partial charge >= 0.3 is 80.9 Å². The predicted molar refractivity (Wildman–Crippen MR) is 28.9 cm³/mol. The summed E-state index contributed by atoms with van der Waals surface area (Å²) in [5.41, 5.74) is 0. The fraction of sp³-hybridized carbons (Fsp3) is 0. The first kappa shape index (κ1) is 15.6. The average molecular weight is 123 g/mol. The van der Waals surface area contributed by atoms with Crippen molar-refractivity contribution >= 4 is 93.6 Å². The van der Waals surface area contributed by atoms with Gasteiger partial charge in [-0.05, 0) is 0 Å². The number of hydrogen-bond acceptors (Lipinski definition) is 2. The Morgan fingerprint density at radius 2 is 1.60 bits per heavy atom. The zero-order chi connectivity index (χ0) is 2.71. The van der Waals surface area contributed by atoms with Gasteiger partial charge in [0.2, 0.25) is 0 Å². The number of hydrogen-bond donors (Lipinski definition) is 1. The number of nitriles is 1. The Balaban J connectivity index is -0.0000000200. The van der Waals surface area contributed by atoms with Crippen LogP contribution in [0, 0.1) is 10.7 Å². The third kappa shape index (κ3) is 21.2. The van der Waals surface area contributed by atoms with Crippen molar-refractivity contribution in [2.24, 2.45) is 0 Å². The van der Waals surface area contributed by atoms with E-state index in [1.807, 2.05) is 0 Å². The van der Waals surface area contributed by atoms with Crippen molar-refractivity contribution in [3.05, 3.63) is 0 Å². The predicted octanol–water partition coefficient (Wildman–Crippen LogP) is -0.900. The van der Waals surface area contributed by atoms with Crippen LogP contribution in [0.5, 0.6) is 0 Å². The second-order valence-electron chi connectivity index (χ2n) is 0.100. The molecule has 0 aliphatic carbocycles. The van der Waals surface area contributed by atoms with E-state index in [1.54, 1.807) is 0 Å². The minimum atomic E-state index is 0. The fourth-order valence-electron chi connectivity index (χ4n) is 0. The summed E-state index contributed by atoms with van der Waals surface area (Å²) < 4.78 is 0. The summed E-state index contributed by atoms with van der Waals surface area (Å²) in [6.45, 7) is 0. The molecule has 0 saturated heterocycles. The van der Waals surface area contributed by atoms with Crippen LogP contribution < -0.4 is 0 Å². The fourth-order valence-corrected chi connectivity index (χ4v) is 0. The summed E-state index contributed by atoms with van der Waals surface area (Å²) in [4.78, 5) is 0. The first-order valence-electron chi connectivity index (χ1n) is 0.447. The molecule has 0 saturated carbocycles. The normalized spacial score (nSPS) is 1.60. The molecular weight excluding hydrogens is 120 g/mol. The van der Waals surface area contributed by atoms with E-state index < -0.39 is 0 Å².